The van der Waals surface area contributed by atoms with Gasteiger partial charge in [-0.1, -0.05) is 65.3 Å². The van der Waals surface area contributed by atoms with Crippen LogP contribution in [-0.4, -0.2) is 10.2 Å². The SMILES string of the molecule is Cc1cccc(-c2nnc(-c3cc(C(C)(C)C)cc(C(C)(C)C)c3)o2)c1. The summed E-state index contributed by atoms with van der Waals surface area (Å²) in [5.41, 5.74) is 5.75. The number of hydrogen-bond acceptors (Lipinski definition) is 3. The summed E-state index contributed by atoms with van der Waals surface area (Å²) in [5.74, 6) is 1.13. The maximum absolute atomic E-state index is 6.02. The van der Waals surface area contributed by atoms with Gasteiger partial charge in [-0.3, -0.25) is 0 Å². The summed E-state index contributed by atoms with van der Waals surface area (Å²) in [4.78, 5) is 0. The molecule has 0 bridgehead atoms. The average Bonchev–Trinajstić information content (AvgIpc) is 3.03. The van der Waals surface area contributed by atoms with Gasteiger partial charge in [-0.05, 0) is 53.1 Å². The molecule has 136 valence electrons. The Labute approximate surface area is 156 Å². The molecule has 0 aliphatic rings. The van der Waals surface area contributed by atoms with Crippen LogP contribution in [0.15, 0.2) is 46.9 Å². The second-order valence-electron chi connectivity index (χ2n) is 9.08. The van der Waals surface area contributed by atoms with Crippen molar-refractivity contribution in [1.82, 2.24) is 10.2 Å². The number of benzene rings is 2. The zero-order valence-electron chi connectivity index (χ0n) is 16.8. The van der Waals surface area contributed by atoms with Gasteiger partial charge in [0, 0.05) is 11.1 Å². The highest BCUT2D eigenvalue weighted by molar-refractivity contribution is 5.61. The lowest BCUT2D eigenvalue weighted by Gasteiger charge is -2.25. The minimum atomic E-state index is 0.0510. The maximum atomic E-state index is 6.02. The average molecular weight is 348 g/mol. The van der Waals surface area contributed by atoms with E-state index in [1.54, 1.807) is 0 Å². The second kappa shape index (κ2) is 6.39. The van der Waals surface area contributed by atoms with Gasteiger partial charge in [-0.25, -0.2) is 0 Å². The molecule has 0 amide bonds. The first-order chi connectivity index (χ1) is 12.0. The van der Waals surface area contributed by atoms with Gasteiger partial charge >= 0.3 is 0 Å². The normalized spacial score (nSPS) is 12.4. The minimum absolute atomic E-state index is 0.0510. The van der Waals surface area contributed by atoms with Crippen LogP contribution in [0.5, 0.6) is 0 Å². The topological polar surface area (TPSA) is 38.9 Å². The zero-order valence-corrected chi connectivity index (χ0v) is 16.8. The van der Waals surface area contributed by atoms with Gasteiger partial charge in [0.25, 0.3) is 0 Å². The van der Waals surface area contributed by atoms with Crippen LogP contribution in [0.2, 0.25) is 0 Å². The first kappa shape index (κ1) is 18.4. The van der Waals surface area contributed by atoms with Gasteiger partial charge in [-0.15, -0.1) is 10.2 Å². The third-order valence-corrected chi connectivity index (χ3v) is 4.60. The summed E-state index contributed by atoms with van der Waals surface area (Å²) in [6, 6.07) is 14.8. The molecule has 26 heavy (non-hydrogen) atoms. The smallest absolute Gasteiger partial charge is 0.248 e. The third-order valence-electron chi connectivity index (χ3n) is 4.60. The highest BCUT2D eigenvalue weighted by Gasteiger charge is 2.22. The molecular weight excluding hydrogens is 320 g/mol. The Morgan fingerprint density at radius 1 is 0.692 bits per heavy atom. The maximum Gasteiger partial charge on any atom is 0.248 e. The number of aromatic nitrogens is 2. The molecule has 0 aliphatic heterocycles. The summed E-state index contributed by atoms with van der Waals surface area (Å²) < 4.78 is 6.02. The predicted molar refractivity (Wildman–Crippen MR) is 107 cm³/mol. The highest BCUT2D eigenvalue weighted by Crippen LogP contribution is 2.34. The predicted octanol–water partition coefficient (Wildman–Crippen LogP) is 6.31. The van der Waals surface area contributed by atoms with Crippen molar-refractivity contribution in [3.05, 3.63) is 59.2 Å². The van der Waals surface area contributed by atoms with Crippen LogP contribution >= 0.6 is 0 Å². The van der Waals surface area contributed by atoms with E-state index < -0.39 is 0 Å². The Morgan fingerprint density at radius 3 is 1.73 bits per heavy atom. The van der Waals surface area contributed by atoms with Gasteiger partial charge in [0.05, 0.1) is 0 Å². The lowest BCUT2D eigenvalue weighted by Crippen LogP contribution is -2.16. The van der Waals surface area contributed by atoms with Gasteiger partial charge in [0.15, 0.2) is 0 Å². The largest absolute Gasteiger partial charge is 0.416 e. The van der Waals surface area contributed by atoms with Gasteiger partial charge in [0.1, 0.15) is 0 Å². The fraction of sp³-hybridized carbons (Fsp3) is 0.391. The van der Waals surface area contributed by atoms with Crippen LogP contribution in [-0.2, 0) is 10.8 Å². The Hall–Kier alpha value is -2.42. The first-order valence-electron chi connectivity index (χ1n) is 9.11. The standard InChI is InChI=1S/C23H28N2O/c1-15-9-8-10-16(11-15)20-24-25-21(26-20)17-12-18(22(2,3)4)14-19(13-17)23(5,6)7/h8-14H,1-7H3. The molecular formula is C23H28N2O. The number of hydrogen-bond donors (Lipinski definition) is 0. The molecule has 3 nitrogen and oxygen atoms in total. The number of rotatable bonds is 2. The first-order valence-corrected chi connectivity index (χ1v) is 9.11. The van der Waals surface area contributed by atoms with Crippen molar-refractivity contribution in [2.45, 2.75) is 59.3 Å². The van der Waals surface area contributed by atoms with Crippen molar-refractivity contribution in [3.8, 4) is 22.9 Å². The Bertz CT molecular complexity index is 892. The quantitative estimate of drug-likeness (QED) is 0.545. The van der Waals surface area contributed by atoms with Crippen molar-refractivity contribution >= 4 is 0 Å². The van der Waals surface area contributed by atoms with E-state index in [2.05, 4.69) is 89.0 Å². The van der Waals surface area contributed by atoms with Gasteiger partial charge in [0.2, 0.25) is 11.8 Å². The third kappa shape index (κ3) is 3.87. The zero-order chi connectivity index (χ0) is 19.1. The Morgan fingerprint density at radius 2 is 1.23 bits per heavy atom. The minimum Gasteiger partial charge on any atom is -0.416 e. The van der Waals surface area contributed by atoms with E-state index in [-0.39, 0.29) is 10.8 Å². The molecule has 0 aliphatic carbocycles. The molecule has 1 heterocycles. The summed E-state index contributed by atoms with van der Waals surface area (Å²) in [5, 5.41) is 8.59. The molecule has 0 atom stereocenters. The summed E-state index contributed by atoms with van der Waals surface area (Å²) >= 11 is 0. The van der Waals surface area contributed by atoms with Crippen LogP contribution in [0.3, 0.4) is 0 Å². The van der Waals surface area contributed by atoms with E-state index in [1.165, 1.54) is 16.7 Å². The highest BCUT2D eigenvalue weighted by atomic mass is 16.4. The molecule has 0 saturated carbocycles. The molecule has 3 heteroatoms. The van der Waals surface area contributed by atoms with Crippen molar-refractivity contribution in [2.24, 2.45) is 0 Å². The Kier molecular flexibility index (Phi) is 4.51. The fourth-order valence-corrected chi connectivity index (χ4v) is 2.85. The van der Waals surface area contributed by atoms with Crippen LogP contribution in [0.4, 0.5) is 0 Å². The van der Waals surface area contributed by atoms with Gasteiger partial charge in [-0.2, -0.15) is 0 Å². The fourth-order valence-electron chi connectivity index (χ4n) is 2.85. The van der Waals surface area contributed by atoms with E-state index in [0.717, 1.165) is 11.1 Å². The van der Waals surface area contributed by atoms with Gasteiger partial charge < -0.3 is 4.42 Å². The molecule has 0 saturated heterocycles. The molecule has 0 radical (unpaired) electrons. The van der Waals surface area contributed by atoms with E-state index in [4.69, 9.17) is 4.42 Å². The van der Waals surface area contributed by atoms with E-state index in [9.17, 15) is 0 Å². The van der Waals surface area contributed by atoms with Crippen molar-refractivity contribution < 1.29 is 4.42 Å². The van der Waals surface area contributed by atoms with Crippen molar-refractivity contribution in [1.29, 1.82) is 0 Å². The molecule has 0 N–H and O–H groups in total. The molecule has 0 fully saturated rings. The molecule has 0 unspecified atom stereocenters. The number of aryl methyl sites for hydroxylation is 1. The molecule has 3 aromatic rings. The summed E-state index contributed by atoms with van der Waals surface area (Å²) in [6.07, 6.45) is 0. The molecule has 3 rings (SSSR count). The molecule has 0 spiro atoms. The van der Waals surface area contributed by atoms with Crippen molar-refractivity contribution in [3.63, 3.8) is 0 Å². The molecule has 1 aromatic heterocycles. The van der Waals surface area contributed by atoms with Crippen LogP contribution in [0, 0.1) is 6.92 Å². The van der Waals surface area contributed by atoms with Crippen LogP contribution in [0.1, 0.15) is 58.2 Å². The number of nitrogens with zero attached hydrogens (tertiary/aromatic N) is 2. The lowest BCUT2D eigenvalue weighted by molar-refractivity contribution is 0.564. The lowest BCUT2D eigenvalue weighted by atomic mass is 9.79. The van der Waals surface area contributed by atoms with Crippen LogP contribution in [0.25, 0.3) is 22.9 Å². The van der Waals surface area contributed by atoms with Crippen molar-refractivity contribution in [2.75, 3.05) is 0 Å². The van der Waals surface area contributed by atoms with E-state index in [0.29, 0.717) is 11.8 Å². The summed E-state index contributed by atoms with van der Waals surface area (Å²) in [6.45, 7) is 15.4. The van der Waals surface area contributed by atoms with E-state index in [1.807, 2.05) is 12.1 Å². The summed E-state index contributed by atoms with van der Waals surface area (Å²) in [7, 11) is 0. The monoisotopic (exact) mass is 348 g/mol. The molecule has 2 aromatic carbocycles. The van der Waals surface area contributed by atoms with E-state index >= 15 is 0 Å². The second-order valence-corrected chi connectivity index (χ2v) is 9.08. The Balaban J connectivity index is 2.09. The van der Waals surface area contributed by atoms with Crippen LogP contribution < -0.4 is 0 Å².